The number of likely N-dealkylation sites (tertiary alicyclic amines) is 1. The van der Waals surface area contributed by atoms with Crippen molar-refractivity contribution in [2.45, 2.75) is 38.1 Å². The monoisotopic (exact) mass is 276 g/mol. The van der Waals surface area contributed by atoms with Crippen LogP contribution in [-0.2, 0) is 10.0 Å². The van der Waals surface area contributed by atoms with E-state index in [0.717, 1.165) is 19.5 Å². The van der Waals surface area contributed by atoms with Crippen molar-refractivity contribution in [1.82, 2.24) is 9.62 Å². The first-order valence-electron chi connectivity index (χ1n) is 6.36. The number of hydrogen-bond acceptors (Lipinski definition) is 4. The molecule has 1 aliphatic rings. The minimum Gasteiger partial charge on any atom is -0.386 e. The maximum absolute atomic E-state index is 12.0. The summed E-state index contributed by atoms with van der Waals surface area (Å²) < 4.78 is 26.6. The van der Waals surface area contributed by atoms with Gasteiger partial charge in [-0.15, -0.1) is 0 Å². The number of unbranched alkanes of at least 4 members (excludes halogenated alkanes) is 1. The van der Waals surface area contributed by atoms with Gasteiger partial charge in [-0.05, 0) is 26.3 Å². The lowest BCUT2D eigenvalue weighted by atomic mass is 9.88. The largest absolute Gasteiger partial charge is 0.386 e. The fourth-order valence-corrected chi connectivity index (χ4v) is 3.79. The van der Waals surface area contributed by atoms with Crippen molar-refractivity contribution < 1.29 is 8.42 Å². The van der Waals surface area contributed by atoms with Crippen LogP contribution in [0.25, 0.3) is 0 Å². The molecule has 1 heterocycles. The predicted molar refractivity (Wildman–Crippen MR) is 73.2 cm³/mol. The summed E-state index contributed by atoms with van der Waals surface area (Å²) in [5.41, 5.74) is 4.75. The molecular formula is C11H24N4O2S. The maximum atomic E-state index is 12.0. The number of rotatable bonds is 6. The van der Waals surface area contributed by atoms with E-state index >= 15 is 0 Å². The third kappa shape index (κ3) is 3.93. The van der Waals surface area contributed by atoms with Crippen LogP contribution in [0.3, 0.4) is 0 Å². The molecule has 0 radical (unpaired) electrons. The van der Waals surface area contributed by atoms with Crippen molar-refractivity contribution in [3.05, 3.63) is 0 Å². The highest BCUT2D eigenvalue weighted by Crippen LogP contribution is 2.22. The first-order chi connectivity index (χ1) is 8.31. The number of nitrogens with one attached hydrogen (secondary N) is 2. The lowest BCUT2D eigenvalue weighted by Gasteiger charge is -2.39. The zero-order chi connectivity index (χ0) is 13.8. The topological polar surface area (TPSA) is 99.3 Å². The van der Waals surface area contributed by atoms with Gasteiger partial charge in [0.2, 0.25) is 10.0 Å². The van der Waals surface area contributed by atoms with E-state index in [1.807, 2.05) is 14.0 Å². The summed E-state index contributed by atoms with van der Waals surface area (Å²) in [5.74, 6) is 0.0321. The van der Waals surface area contributed by atoms with E-state index in [-0.39, 0.29) is 11.6 Å². The highest BCUT2D eigenvalue weighted by molar-refractivity contribution is 7.89. The predicted octanol–water partition coefficient (Wildman–Crippen LogP) is 0.106. The molecule has 1 saturated heterocycles. The van der Waals surface area contributed by atoms with Gasteiger partial charge in [-0.2, -0.15) is 0 Å². The summed E-state index contributed by atoms with van der Waals surface area (Å²) in [4.78, 5) is 2.11. The number of amidine groups is 1. The van der Waals surface area contributed by atoms with E-state index in [0.29, 0.717) is 19.3 Å². The van der Waals surface area contributed by atoms with Gasteiger partial charge in [-0.3, -0.25) is 5.41 Å². The van der Waals surface area contributed by atoms with Gasteiger partial charge in [0.15, 0.2) is 0 Å². The SMILES string of the molecule is CCCCS(=O)(=O)NC1(C(=N)N)CCN(C)CC1. The summed E-state index contributed by atoms with van der Waals surface area (Å²) in [5, 5.41) is 7.69. The Morgan fingerprint density at radius 2 is 2.00 bits per heavy atom. The van der Waals surface area contributed by atoms with E-state index < -0.39 is 15.6 Å². The average molecular weight is 276 g/mol. The standard InChI is InChI=1S/C11H24N4O2S/c1-3-4-9-18(16,17)14-11(10(12)13)5-7-15(2)8-6-11/h14H,3-9H2,1-2H3,(H3,12,13). The Morgan fingerprint density at radius 3 is 2.44 bits per heavy atom. The fraction of sp³-hybridized carbons (Fsp3) is 0.909. The molecule has 18 heavy (non-hydrogen) atoms. The van der Waals surface area contributed by atoms with Gasteiger partial charge in [0.05, 0.1) is 11.3 Å². The summed E-state index contributed by atoms with van der Waals surface area (Å²) in [7, 11) is -1.37. The van der Waals surface area contributed by atoms with E-state index in [1.54, 1.807) is 0 Å². The molecule has 0 atom stereocenters. The second-order valence-corrected chi connectivity index (χ2v) is 6.92. The lowest BCUT2D eigenvalue weighted by Crippen LogP contribution is -2.61. The highest BCUT2D eigenvalue weighted by Gasteiger charge is 2.39. The van der Waals surface area contributed by atoms with Crippen LogP contribution in [0.4, 0.5) is 0 Å². The quantitative estimate of drug-likeness (QED) is 0.473. The van der Waals surface area contributed by atoms with Crippen LogP contribution in [-0.4, -0.2) is 50.6 Å². The van der Waals surface area contributed by atoms with Crippen molar-refractivity contribution in [3.8, 4) is 0 Å². The zero-order valence-corrected chi connectivity index (χ0v) is 12.0. The molecule has 1 fully saturated rings. The van der Waals surface area contributed by atoms with E-state index in [2.05, 4.69) is 9.62 Å². The molecule has 7 heteroatoms. The number of sulfonamides is 1. The molecule has 1 rings (SSSR count). The average Bonchev–Trinajstić information content (AvgIpc) is 2.29. The Hall–Kier alpha value is -0.660. The molecule has 0 aromatic carbocycles. The van der Waals surface area contributed by atoms with Gasteiger partial charge >= 0.3 is 0 Å². The van der Waals surface area contributed by atoms with Crippen LogP contribution >= 0.6 is 0 Å². The molecule has 0 spiro atoms. The number of piperidine rings is 1. The molecule has 6 nitrogen and oxygen atoms in total. The smallest absolute Gasteiger partial charge is 0.212 e. The van der Waals surface area contributed by atoms with Crippen molar-refractivity contribution in [1.29, 1.82) is 5.41 Å². The Bertz CT molecular complexity index is 386. The van der Waals surface area contributed by atoms with Crippen molar-refractivity contribution in [2.24, 2.45) is 5.73 Å². The van der Waals surface area contributed by atoms with Crippen LogP contribution in [0, 0.1) is 5.41 Å². The Morgan fingerprint density at radius 1 is 1.44 bits per heavy atom. The van der Waals surface area contributed by atoms with Crippen molar-refractivity contribution in [3.63, 3.8) is 0 Å². The Labute approximate surface area is 109 Å². The van der Waals surface area contributed by atoms with Gasteiger partial charge in [-0.1, -0.05) is 13.3 Å². The van der Waals surface area contributed by atoms with E-state index in [9.17, 15) is 8.42 Å². The molecule has 0 aliphatic carbocycles. The number of nitrogens with zero attached hydrogens (tertiary/aromatic N) is 1. The zero-order valence-electron chi connectivity index (χ0n) is 11.2. The van der Waals surface area contributed by atoms with Gasteiger partial charge in [0.25, 0.3) is 0 Å². The second kappa shape index (κ2) is 5.99. The van der Waals surface area contributed by atoms with Gasteiger partial charge < -0.3 is 10.6 Å². The normalized spacial score (nSPS) is 20.8. The molecule has 0 amide bonds. The third-order valence-corrected chi connectivity index (χ3v) is 5.00. The van der Waals surface area contributed by atoms with Crippen LogP contribution in [0.5, 0.6) is 0 Å². The minimum atomic E-state index is -3.35. The molecule has 0 bridgehead atoms. The van der Waals surface area contributed by atoms with Gasteiger partial charge in [0.1, 0.15) is 5.84 Å². The first-order valence-corrected chi connectivity index (χ1v) is 8.01. The van der Waals surface area contributed by atoms with Crippen LogP contribution < -0.4 is 10.5 Å². The molecule has 1 aliphatic heterocycles. The van der Waals surface area contributed by atoms with Crippen molar-refractivity contribution >= 4 is 15.9 Å². The lowest BCUT2D eigenvalue weighted by molar-refractivity contribution is 0.218. The van der Waals surface area contributed by atoms with Gasteiger partial charge in [-0.25, -0.2) is 13.1 Å². The number of hydrogen-bond donors (Lipinski definition) is 3. The third-order valence-electron chi connectivity index (χ3n) is 3.47. The molecule has 0 saturated carbocycles. The first kappa shape index (κ1) is 15.4. The molecule has 0 unspecified atom stereocenters. The molecular weight excluding hydrogens is 252 g/mol. The Kier molecular flexibility index (Phi) is 5.12. The molecule has 0 aromatic rings. The number of nitrogens with two attached hydrogens (primary N) is 1. The summed E-state index contributed by atoms with van der Waals surface area (Å²) >= 11 is 0. The molecule has 106 valence electrons. The second-order valence-electron chi connectivity index (χ2n) is 5.07. The maximum Gasteiger partial charge on any atom is 0.212 e. The van der Waals surface area contributed by atoms with E-state index in [4.69, 9.17) is 11.1 Å². The molecule has 4 N–H and O–H groups in total. The summed E-state index contributed by atoms with van der Waals surface area (Å²) in [6, 6.07) is 0. The van der Waals surface area contributed by atoms with Crippen LogP contribution in [0.15, 0.2) is 0 Å². The summed E-state index contributed by atoms with van der Waals surface area (Å²) in [6.45, 7) is 3.44. The highest BCUT2D eigenvalue weighted by atomic mass is 32.2. The van der Waals surface area contributed by atoms with Crippen LogP contribution in [0.2, 0.25) is 0 Å². The Balaban J connectivity index is 2.78. The minimum absolute atomic E-state index is 0.0735. The van der Waals surface area contributed by atoms with Gasteiger partial charge in [0, 0.05) is 13.1 Å². The summed E-state index contributed by atoms with van der Waals surface area (Å²) in [6.07, 6.45) is 2.58. The fourth-order valence-electron chi connectivity index (χ4n) is 2.11. The molecule has 0 aromatic heterocycles. The van der Waals surface area contributed by atoms with Crippen molar-refractivity contribution in [2.75, 3.05) is 25.9 Å². The van der Waals surface area contributed by atoms with Crippen LogP contribution in [0.1, 0.15) is 32.6 Å². The van der Waals surface area contributed by atoms with E-state index in [1.165, 1.54) is 0 Å².